The molecule has 0 aliphatic heterocycles. The van der Waals surface area contributed by atoms with Gasteiger partial charge in [-0.1, -0.05) is 0 Å². The quantitative estimate of drug-likeness (QED) is 0.844. The number of rotatable bonds is 4. The van der Waals surface area contributed by atoms with Crippen molar-refractivity contribution in [3.05, 3.63) is 36.4 Å². The minimum absolute atomic E-state index is 0.0495. The number of primary sulfonamides is 1. The predicted molar refractivity (Wildman–Crippen MR) is 63.2 cm³/mol. The molecule has 0 bridgehead atoms. The summed E-state index contributed by atoms with van der Waals surface area (Å²) in [6.45, 7) is 0.255. The Morgan fingerprint density at radius 2 is 2.00 bits per heavy atom. The van der Waals surface area contributed by atoms with Gasteiger partial charge in [0.25, 0.3) is 0 Å². The van der Waals surface area contributed by atoms with Crippen LogP contribution >= 0.6 is 0 Å². The fourth-order valence-corrected chi connectivity index (χ4v) is 1.84. The lowest BCUT2D eigenvalue weighted by molar-refractivity contribution is 0.289. The average Bonchev–Trinajstić information content (AvgIpc) is 2.72. The second-order valence-corrected chi connectivity index (χ2v) is 5.17. The van der Waals surface area contributed by atoms with Gasteiger partial charge in [-0.3, -0.25) is 4.68 Å². The number of hydrogen-bond acceptors (Lipinski definition) is 5. The highest BCUT2D eigenvalue weighted by Gasteiger charge is 2.07. The summed E-state index contributed by atoms with van der Waals surface area (Å²) in [4.78, 5) is 4.05. The van der Waals surface area contributed by atoms with Gasteiger partial charge < -0.3 is 4.74 Å². The Morgan fingerprint density at radius 3 is 2.50 bits per heavy atom. The van der Waals surface area contributed by atoms with Crippen molar-refractivity contribution in [2.45, 2.75) is 11.5 Å². The van der Waals surface area contributed by atoms with Gasteiger partial charge in [0, 0.05) is 7.05 Å². The number of sulfonamides is 1. The van der Waals surface area contributed by atoms with Gasteiger partial charge in [-0.25, -0.2) is 18.5 Å². The van der Waals surface area contributed by atoms with Crippen LogP contribution in [0.15, 0.2) is 35.5 Å². The van der Waals surface area contributed by atoms with Crippen LogP contribution in [0.5, 0.6) is 5.75 Å². The third-order valence-electron chi connectivity index (χ3n) is 2.33. The van der Waals surface area contributed by atoms with E-state index in [1.807, 2.05) is 0 Å². The standard InChI is InChI=1S/C10H12N4O3S/c1-14-10(12-7-13-14)6-17-8-2-4-9(5-3-8)18(11,15)16/h2-5,7H,6H2,1H3,(H2,11,15,16). The lowest BCUT2D eigenvalue weighted by Crippen LogP contribution is -2.11. The molecule has 0 atom stereocenters. The van der Waals surface area contributed by atoms with Crippen molar-refractivity contribution >= 4 is 10.0 Å². The van der Waals surface area contributed by atoms with Crippen LogP contribution in [-0.2, 0) is 23.7 Å². The molecule has 0 fully saturated rings. The minimum atomic E-state index is -3.67. The summed E-state index contributed by atoms with van der Waals surface area (Å²) in [6.07, 6.45) is 1.43. The Morgan fingerprint density at radius 1 is 1.33 bits per heavy atom. The molecule has 7 nitrogen and oxygen atoms in total. The van der Waals surface area contributed by atoms with E-state index in [-0.39, 0.29) is 11.5 Å². The molecule has 18 heavy (non-hydrogen) atoms. The molecular formula is C10H12N4O3S. The summed E-state index contributed by atoms with van der Waals surface area (Å²) in [5, 5.41) is 8.89. The van der Waals surface area contributed by atoms with Crippen molar-refractivity contribution in [3.63, 3.8) is 0 Å². The zero-order chi connectivity index (χ0) is 13.2. The maximum Gasteiger partial charge on any atom is 0.238 e. The zero-order valence-electron chi connectivity index (χ0n) is 9.65. The Labute approximate surface area is 104 Å². The highest BCUT2D eigenvalue weighted by Crippen LogP contribution is 2.15. The van der Waals surface area contributed by atoms with E-state index < -0.39 is 10.0 Å². The number of nitrogens with two attached hydrogens (primary N) is 1. The summed E-state index contributed by atoms with van der Waals surface area (Å²) in [7, 11) is -1.91. The third kappa shape index (κ3) is 2.84. The van der Waals surface area contributed by atoms with E-state index in [0.717, 1.165) is 0 Å². The molecule has 0 aliphatic carbocycles. The number of ether oxygens (including phenoxy) is 1. The first-order chi connectivity index (χ1) is 8.47. The van der Waals surface area contributed by atoms with Gasteiger partial charge in [0.2, 0.25) is 10.0 Å². The smallest absolute Gasteiger partial charge is 0.238 e. The Hall–Kier alpha value is -1.93. The number of hydrogen-bond donors (Lipinski definition) is 1. The lowest BCUT2D eigenvalue weighted by atomic mass is 10.3. The molecule has 2 aromatic rings. The first-order valence-electron chi connectivity index (χ1n) is 5.05. The van der Waals surface area contributed by atoms with Gasteiger partial charge in [0.1, 0.15) is 18.7 Å². The lowest BCUT2D eigenvalue weighted by Gasteiger charge is -2.06. The van der Waals surface area contributed by atoms with E-state index in [0.29, 0.717) is 11.6 Å². The van der Waals surface area contributed by atoms with Crippen molar-refractivity contribution in [2.24, 2.45) is 12.2 Å². The fraction of sp³-hybridized carbons (Fsp3) is 0.200. The maximum absolute atomic E-state index is 11.0. The first kappa shape index (κ1) is 12.5. The predicted octanol–water partition coefficient (Wildman–Crippen LogP) is 0.0415. The Kier molecular flexibility index (Phi) is 3.30. The molecule has 1 aromatic carbocycles. The highest BCUT2D eigenvalue weighted by atomic mass is 32.2. The second kappa shape index (κ2) is 4.75. The molecule has 8 heteroatoms. The average molecular weight is 268 g/mol. The molecule has 96 valence electrons. The Bertz CT molecular complexity index is 633. The van der Waals surface area contributed by atoms with Crippen molar-refractivity contribution in [1.29, 1.82) is 0 Å². The summed E-state index contributed by atoms with van der Waals surface area (Å²) >= 11 is 0. The van der Waals surface area contributed by atoms with Crippen LogP contribution in [0.3, 0.4) is 0 Å². The number of benzene rings is 1. The molecule has 0 radical (unpaired) electrons. The maximum atomic E-state index is 11.0. The van der Waals surface area contributed by atoms with Crippen LogP contribution in [0.4, 0.5) is 0 Å². The van der Waals surface area contributed by atoms with Gasteiger partial charge in [-0.05, 0) is 24.3 Å². The van der Waals surface area contributed by atoms with Gasteiger partial charge in [0.05, 0.1) is 4.90 Å². The third-order valence-corrected chi connectivity index (χ3v) is 3.25. The van der Waals surface area contributed by atoms with E-state index in [9.17, 15) is 8.42 Å². The molecule has 0 amide bonds. The molecule has 0 saturated heterocycles. The van der Waals surface area contributed by atoms with E-state index in [1.165, 1.54) is 30.6 Å². The molecule has 0 unspecified atom stereocenters. The van der Waals surface area contributed by atoms with Crippen LogP contribution in [0, 0.1) is 0 Å². The molecule has 1 heterocycles. The molecular weight excluding hydrogens is 256 g/mol. The number of nitrogens with zero attached hydrogens (tertiary/aromatic N) is 3. The van der Waals surface area contributed by atoms with Gasteiger partial charge in [0.15, 0.2) is 5.82 Å². The Balaban J connectivity index is 2.05. The van der Waals surface area contributed by atoms with Crippen LogP contribution in [-0.4, -0.2) is 23.2 Å². The number of aromatic nitrogens is 3. The fourth-order valence-electron chi connectivity index (χ4n) is 1.32. The van der Waals surface area contributed by atoms with Crippen LogP contribution in [0.1, 0.15) is 5.82 Å². The normalized spacial score (nSPS) is 11.4. The molecule has 0 spiro atoms. The monoisotopic (exact) mass is 268 g/mol. The van der Waals surface area contributed by atoms with E-state index in [1.54, 1.807) is 11.7 Å². The molecule has 0 aliphatic rings. The van der Waals surface area contributed by atoms with E-state index in [4.69, 9.17) is 9.88 Å². The van der Waals surface area contributed by atoms with Crippen molar-refractivity contribution < 1.29 is 13.2 Å². The minimum Gasteiger partial charge on any atom is -0.486 e. The molecule has 1 aromatic heterocycles. The summed E-state index contributed by atoms with van der Waals surface area (Å²) in [5.41, 5.74) is 0. The summed E-state index contributed by atoms with van der Waals surface area (Å²) < 4.78 is 29.1. The molecule has 2 N–H and O–H groups in total. The van der Waals surface area contributed by atoms with Crippen LogP contribution in [0.2, 0.25) is 0 Å². The zero-order valence-corrected chi connectivity index (χ0v) is 10.5. The largest absolute Gasteiger partial charge is 0.486 e. The van der Waals surface area contributed by atoms with Gasteiger partial charge in [-0.15, -0.1) is 0 Å². The van der Waals surface area contributed by atoms with Crippen molar-refractivity contribution in [1.82, 2.24) is 14.8 Å². The SMILES string of the molecule is Cn1ncnc1COc1ccc(S(N)(=O)=O)cc1. The van der Waals surface area contributed by atoms with Crippen LogP contribution in [0.25, 0.3) is 0 Å². The number of aryl methyl sites for hydroxylation is 1. The van der Waals surface area contributed by atoms with Crippen molar-refractivity contribution in [2.75, 3.05) is 0 Å². The molecule has 0 saturated carbocycles. The van der Waals surface area contributed by atoms with E-state index >= 15 is 0 Å². The van der Waals surface area contributed by atoms with Gasteiger partial charge in [-0.2, -0.15) is 5.10 Å². The topological polar surface area (TPSA) is 100 Å². The first-order valence-corrected chi connectivity index (χ1v) is 6.60. The highest BCUT2D eigenvalue weighted by molar-refractivity contribution is 7.89. The summed E-state index contributed by atoms with van der Waals surface area (Å²) in [6, 6.07) is 5.86. The van der Waals surface area contributed by atoms with Crippen molar-refractivity contribution in [3.8, 4) is 5.75 Å². The van der Waals surface area contributed by atoms with E-state index in [2.05, 4.69) is 10.1 Å². The van der Waals surface area contributed by atoms with Crippen LogP contribution < -0.4 is 9.88 Å². The second-order valence-electron chi connectivity index (χ2n) is 3.60. The van der Waals surface area contributed by atoms with Gasteiger partial charge >= 0.3 is 0 Å². The molecule has 2 rings (SSSR count). The summed E-state index contributed by atoms with van der Waals surface area (Å²) in [5.74, 6) is 1.20.